The number of sulfonamides is 1. The Morgan fingerprint density at radius 3 is 2.23 bits per heavy atom. The molecule has 0 aromatic heterocycles. The fourth-order valence-corrected chi connectivity index (χ4v) is 4.27. The Balaban J connectivity index is 1.60. The molecule has 2 amide bonds. The van der Waals surface area contributed by atoms with Crippen LogP contribution in [0.25, 0.3) is 0 Å². The van der Waals surface area contributed by atoms with E-state index < -0.39 is 27.8 Å². The van der Waals surface area contributed by atoms with Crippen LogP contribution in [0.4, 0.5) is 10.1 Å². The lowest BCUT2D eigenvalue weighted by molar-refractivity contribution is -0.129. The normalized spacial score (nSPS) is 15.0. The molecule has 2 N–H and O–H groups in total. The Morgan fingerprint density at radius 2 is 1.65 bits per heavy atom. The van der Waals surface area contributed by atoms with Crippen LogP contribution in [-0.2, 0) is 26.0 Å². The van der Waals surface area contributed by atoms with Crippen LogP contribution in [0.5, 0.6) is 0 Å². The van der Waals surface area contributed by atoms with E-state index in [1.165, 1.54) is 24.3 Å². The average Bonchev–Trinajstić information content (AvgIpc) is 3.23. The summed E-state index contributed by atoms with van der Waals surface area (Å²) in [6.07, 6.45) is 3.25. The van der Waals surface area contributed by atoms with Gasteiger partial charge in [0.2, 0.25) is 21.8 Å². The number of anilines is 1. The lowest BCUT2D eigenvalue weighted by Crippen LogP contribution is -2.30. The van der Waals surface area contributed by atoms with Crippen molar-refractivity contribution in [2.24, 2.45) is 0 Å². The molecule has 1 fully saturated rings. The van der Waals surface area contributed by atoms with Gasteiger partial charge >= 0.3 is 0 Å². The van der Waals surface area contributed by atoms with Gasteiger partial charge in [0.05, 0.1) is 18.7 Å². The molecule has 1 aliphatic heterocycles. The summed E-state index contributed by atoms with van der Waals surface area (Å²) in [5.41, 5.74) is 1.88. The van der Waals surface area contributed by atoms with Crippen molar-refractivity contribution >= 4 is 27.5 Å². The first-order valence-corrected chi connectivity index (χ1v) is 12.0. The van der Waals surface area contributed by atoms with Crippen molar-refractivity contribution in [2.75, 3.05) is 24.7 Å². The standard InChI is InChI=1S/C22H26FN3O4S/c1-31(29,30)25-20(17-6-8-18(23)9-7-17)15-21(27)24-19-10-4-16(5-11-19)14-22(28)26-12-2-3-13-26/h4-11,20,25H,2-3,12-15H2,1H3,(H,24,27)/t20-/m0/s1. The van der Waals surface area contributed by atoms with Crippen LogP contribution in [0.1, 0.15) is 36.4 Å². The van der Waals surface area contributed by atoms with Crippen molar-refractivity contribution in [1.82, 2.24) is 9.62 Å². The molecule has 31 heavy (non-hydrogen) atoms. The van der Waals surface area contributed by atoms with Gasteiger partial charge < -0.3 is 10.2 Å². The van der Waals surface area contributed by atoms with Crippen LogP contribution in [0, 0.1) is 5.82 Å². The summed E-state index contributed by atoms with van der Waals surface area (Å²) >= 11 is 0. The highest BCUT2D eigenvalue weighted by molar-refractivity contribution is 7.88. The number of hydrogen-bond acceptors (Lipinski definition) is 4. The number of benzene rings is 2. The number of rotatable bonds is 8. The van der Waals surface area contributed by atoms with Gasteiger partial charge in [0.15, 0.2) is 0 Å². The van der Waals surface area contributed by atoms with Gasteiger partial charge in [-0.2, -0.15) is 0 Å². The average molecular weight is 448 g/mol. The van der Waals surface area contributed by atoms with Crippen molar-refractivity contribution in [3.8, 4) is 0 Å². The molecular formula is C22H26FN3O4S. The molecule has 2 aromatic carbocycles. The number of carbonyl (C=O) groups excluding carboxylic acids is 2. The van der Waals surface area contributed by atoms with E-state index in [2.05, 4.69) is 10.0 Å². The molecule has 0 bridgehead atoms. The molecule has 0 spiro atoms. The van der Waals surface area contributed by atoms with Gasteiger partial charge in [-0.1, -0.05) is 24.3 Å². The fourth-order valence-electron chi connectivity index (χ4n) is 3.54. The van der Waals surface area contributed by atoms with E-state index in [0.29, 0.717) is 17.7 Å². The fraction of sp³-hybridized carbons (Fsp3) is 0.364. The first-order chi connectivity index (χ1) is 14.7. The third kappa shape index (κ3) is 7.15. The van der Waals surface area contributed by atoms with Crippen LogP contribution in [-0.4, -0.2) is 44.5 Å². The van der Waals surface area contributed by atoms with E-state index in [9.17, 15) is 22.4 Å². The minimum atomic E-state index is -3.58. The first kappa shape index (κ1) is 22.9. The number of halogens is 1. The van der Waals surface area contributed by atoms with Crippen molar-refractivity contribution in [2.45, 2.75) is 31.7 Å². The maximum atomic E-state index is 13.2. The molecule has 9 heteroatoms. The zero-order valence-electron chi connectivity index (χ0n) is 17.3. The van der Waals surface area contributed by atoms with Crippen LogP contribution < -0.4 is 10.0 Å². The number of likely N-dealkylation sites (tertiary alicyclic amines) is 1. The smallest absolute Gasteiger partial charge is 0.226 e. The van der Waals surface area contributed by atoms with Crippen molar-refractivity contribution in [1.29, 1.82) is 0 Å². The molecule has 1 atom stereocenters. The van der Waals surface area contributed by atoms with E-state index in [-0.39, 0.29) is 12.3 Å². The summed E-state index contributed by atoms with van der Waals surface area (Å²) in [6.45, 7) is 1.62. The van der Waals surface area contributed by atoms with E-state index >= 15 is 0 Å². The minimum absolute atomic E-state index is 0.100. The van der Waals surface area contributed by atoms with E-state index in [1.807, 2.05) is 4.90 Å². The summed E-state index contributed by atoms with van der Waals surface area (Å²) in [5.74, 6) is -0.746. The Bertz CT molecular complexity index is 1020. The van der Waals surface area contributed by atoms with Gasteiger partial charge in [0.25, 0.3) is 0 Å². The highest BCUT2D eigenvalue weighted by Crippen LogP contribution is 2.20. The first-order valence-electron chi connectivity index (χ1n) is 10.1. The highest BCUT2D eigenvalue weighted by Gasteiger charge is 2.21. The molecule has 1 aliphatic rings. The van der Waals surface area contributed by atoms with Gasteiger partial charge in [-0.15, -0.1) is 0 Å². The number of hydrogen-bond donors (Lipinski definition) is 2. The number of carbonyl (C=O) groups is 2. The Kier molecular flexibility index (Phi) is 7.40. The third-order valence-corrected chi connectivity index (χ3v) is 5.78. The molecule has 0 aliphatic carbocycles. The maximum absolute atomic E-state index is 13.2. The zero-order chi connectivity index (χ0) is 22.4. The van der Waals surface area contributed by atoms with Gasteiger partial charge in [-0.05, 0) is 48.2 Å². The summed E-state index contributed by atoms with van der Waals surface area (Å²) in [5, 5.41) is 2.73. The minimum Gasteiger partial charge on any atom is -0.342 e. The second kappa shape index (κ2) is 10.0. The molecule has 1 saturated heterocycles. The molecule has 0 unspecified atom stereocenters. The van der Waals surface area contributed by atoms with E-state index in [4.69, 9.17) is 0 Å². The predicted octanol–water partition coefficient (Wildman–Crippen LogP) is 2.61. The Hall–Kier alpha value is -2.78. The van der Waals surface area contributed by atoms with Crippen LogP contribution in [0.3, 0.4) is 0 Å². The largest absolute Gasteiger partial charge is 0.342 e. The zero-order valence-corrected chi connectivity index (χ0v) is 18.1. The molecule has 0 saturated carbocycles. The second-order valence-corrected chi connectivity index (χ2v) is 9.49. The van der Waals surface area contributed by atoms with E-state index in [0.717, 1.165) is 37.8 Å². The third-order valence-electron chi connectivity index (χ3n) is 5.07. The van der Waals surface area contributed by atoms with Crippen LogP contribution in [0.15, 0.2) is 48.5 Å². The molecule has 3 rings (SSSR count). The van der Waals surface area contributed by atoms with Gasteiger partial charge in [0.1, 0.15) is 5.82 Å². The van der Waals surface area contributed by atoms with Gasteiger partial charge in [-0.3, -0.25) is 9.59 Å². The molecule has 2 aromatic rings. The van der Waals surface area contributed by atoms with Crippen LogP contribution in [0.2, 0.25) is 0 Å². The summed E-state index contributed by atoms with van der Waals surface area (Å²) in [4.78, 5) is 26.6. The lowest BCUT2D eigenvalue weighted by Gasteiger charge is -2.18. The Labute approximate surface area is 181 Å². The SMILES string of the molecule is CS(=O)(=O)N[C@@H](CC(=O)Nc1ccc(CC(=O)N2CCCC2)cc1)c1ccc(F)cc1. The maximum Gasteiger partial charge on any atom is 0.226 e. The van der Waals surface area contributed by atoms with E-state index in [1.54, 1.807) is 24.3 Å². The van der Waals surface area contributed by atoms with Crippen molar-refractivity contribution in [3.63, 3.8) is 0 Å². The van der Waals surface area contributed by atoms with Crippen molar-refractivity contribution in [3.05, 3.63) is 65.5 Å². The predicted molar refractivity (Wildman–Crippen MR) is 116 cm³/mol. The quantitative estimate of drug-likeness (QED) is 0.650. The monoisotopic (exact) mass is 447 g/mol. The highest BCUT2D eigenvalue weighted by atomic mass is 32.2. The second-order valence-electron chi connectivity index (χ2n) is 7.71. The molecule has 7 nitrogen and oxygen atoms in total. The molecule has 166 valence electrons. The molecular weight excluding hydrogens is 421 g/mol. The molecule has 1 heterocycles. The summed E-state index contributed by atoms with van der Waals surface area (Å²) < 4.78 is 39.0. The topological polar surface area (TPSA) is 95.6 Å². The van der Waals surface area contributed by atoms with Crippen LogP contribution >= 0.6 is 0 Å². The van der Waals surface area contributed by atoms with Gasteiger partial charge in [0, 0.05) is 25.2 Å². The number of amides is 2. The van der Waals surface area contributed by atoms with Gasteiger partial charge in [-0.25, -0.2) is 17.5 Å². The number of nitrogens with one attached hydrogen (secondary N) is 2. The lowest BCUT2D eigenvalue weighted by atomic mass is 10.0. The summed E-state index contributed by atoms with van der Waals surface area (Å²) in [7, 11) is -3.58. The van der Waals surface area contributed by atoms with Crippen molar-refractivity contribution < 1.29 is 22.4 Å². The number of nitrogens with zero attached hydrogens (tertiary/aromatic N) is 1. The Morgan fingerprint density at radius 1 is 1.03 bits per heavy atom. The molecule has 0 radical (unpaired) electrons. The summed E-state index contributed by atoms with van der Waals surface area (Å²) in [6, 6.07) is 11.5.